The van der Waals surface area contributed by atoms with E-state index in [0.717, 1.165) is 43.9 Å². The molecule has 0 N–H and O–H groups in total. The molecule has 20 heavy (non-hydrogen) atoms. The Kier molecular flexibility index (Phi) is 3.54. The van der Waals surface area contributed by atoms with Crippen LogP contribution in [0.5, 0.6) is 11.5 Å². The first-order valence-corrected chi connectivity index (χ1v) is 7.15. The zero-order chi connectivity index (χ0) is 14.1. The molecule has 0 bridgehead atoms. The van der Waals surface area contributed by atoms with Crippen LogP contribution in [-0.4, -0.2) is 32.2 Å². The Morgan fingerprint density at radius 1 is 1.20 bits per heavy atom. The molecule has 1 aromatic rings. The molecule has 0 aromatic heterocycles. The summed E-state index contributed by atoms with van der Waals surface area (Å²) in [6.45, 7) is 2.10. The normalized spacial score (nSPS) is 25.2. The molecule has 4 nitrogen and oxygen atoms in total. The monoisotopic (exact) mass is 272 g/mol. The van der Waals surface area contributed by atoms with Crippen molar-refractivity contribution in [2.75, 3.05) is 27.3 Å². The van der Waals surface area contributed by atoms with E-state index in [1.165, 1.54) is 11.1 Å². The van der Waals surface area contributed by atoms with E-state index in [9.17, 15) is 5.26 Å². The molecule has 0 radical (unpaired) electrons. The SMILES string of the molecule is COc1cc2c(cc1OC)C1CC(C#N)CCN1CC2. The molecule has 2 aliphatic heterocycles. The number of nitrogens with zero attached hydrogens (tertiary/aromatic N) is 2. The van der Waals surface area contributed by atoms with E-state index in [0.29, 0.717) is 6.04 Å². The van der Waals surface area contributed by atoms with Crippen LogP contribution in [-0.2, 0) is 6.42 Å². The molecule has 2 atom stereocenters. The van der Waals surface area contributed by atoms with E-state index in [1.54, 1.807) is 14.2 Å². The highest BCUT2D eigenvalue weighted by atomic mass is 16.5. The van der Waals surface area contributed by atoms with Gasteiger partial charge in [0.25, 0.3) is 0 Å². The Labute approximate surface area is 119 Å². The van der Waals surface area contributed by atoms with Gasteiger partial charge in [-0.2, -0.15) is 5.26 Å². The van der Waals surface area contributed by atoms with Crippen LogP contribution in [0.4, 0.5) is 0 Å². The predicted octanol–water partition coefficient (Wildman–Crippen LogP) is 2.54. The van der Waals surface area contributed by atoms with Crippen molar-refractivity contribution in [2.45, 2.75) is 25.3 Å². The third-order valence-corrected chi connectivity index (χ3v) is 4.57. The molecule has 0 spiro atoms. The first kappa shape index (κ1) is 13.3. The Hall–Kier alpha value is -1.73. The summed E-state index contributed by atoms with van der Waals surface area (Å²) in [7, 11) is 3.34. The van der Waals surface area contributed by atoms with Crippen molar-refractivity contribution < 1.29 is 9.47 Å². The highest BCUT2D eigenvalue weighted by Crippen LogP contribution is 2.42. The molecular formula is C16H20N2O2. The molecule has 3 rings (SSSR count). The molecule has 1 aromatic carbocycles. The number of methoxy groups -OCH3 is 2. The molecule has 0 saturated carbocycles. The van der Waals surface area contributed by atoms with E-state index in [1.807, 2.05) is 0 Å². The van der Waals surface area contributed by atoms with E-state index >= 15 is 0 Å². The number of fused-ring (bicyclic) bond motifs is 3. The lowest BCUT2D eigenvalue weighted by molar-refractivity contribution is 0.119. The number of piperidine rings is 1. The smallest absolute Gasteiger partial charge is 0.161 e. The van der Waals surface area contributed by atoms with Crippen LogP contribution >= 0.6 is 0 Å². The molecule has 1 saturated heterocycles. The number of hydrogen-bond acceptors (Lipinski definition) is 4. The molecule has 1 fully saturated rings. The van der Waals surface area contributed by atoms with Crippen molar-refractivity contribution in [3.63, 3.8) is 0 Å². The average molecular weight is 272 g/mol. The molecule has 2 aliphatic rings. The lowest BCUT2D eigenvalue weighted by Gasteiger charge is -2.42. The quantitative estimate of drug-likeness (QED) is 0.830. The number of rotatable bonds is 2. The summed E-state index contributed by atoms with van der Waals surface area (Å²) in [6, 6.07) is 7.00. The van der Waals surface area contributed by atoms with Crippen molar-refractivity contribution in [2.24, 2.45) is 5.92 Å². The third kappa shape index (κ3) is 2.12. The van der Waals surface area contributed by atoms with Crippen LogP contribution in [0.3, 0.4) is 0 Å². The molecular weight excluding hydrogens is 252 g/mol. The van der Waals surface area contributed by atoms with Crippen LogP contribution < -0.4 is 9.47 Å². The van der Waals surface area contributed by atoms with Crippen LogP contribution in [0.2, 0.25) is 0 Å². The Morgan fingerprint density at radius 2 is 1.95 bits per heavy atom. The lowest BCUT2D eigenvalue weighted by Crippen LogP contribution is -2.41. The van der Waals surface area contributed by atoms with Gasteiger partial charge in [-0.05, 0) is 42.5 Å². The summed E-state index contributed by atoms with van der Waals surface area (Å²) in [6.07, 6.45) is 2.97. The van der Waals surface area contributed by atoms with Gasteiger partial charge in [0.2, 0.25) is 0 Å². The topological polar surface area (TPSA) is 45.5 Å². The number of nitriles is 1. The average Bonchev–Trinajstić information content (AvgIpc) is 2.52. The zero-order valence-electron chi connectivity index (χ0n) is 12.1. The minimum Gasteiger partial charge on any atom is -0.493 e. The second kappa shape index (κ2) is 5.34. The molecule has 4 heteroatoms. The van der Waals surface area contributed by atoms with Gasteiger partial charge in [0.15, 0.2) is 11.5 Å². The minimum atomic E-state index is 0.176. The van der Waals surface area contributed by atoms with Crippen molar-refractivity contribution in [1.29, 1.82) is 5.26 Å². The van der Waals surface area contributed by atoms with Gasteiger partial charge < -0.3 is 9.47 Å². The van der Waals surface area contributed by atoms with Crippen LogP contribution in [0, 0.1) is 17.2 Å². The molecule has 0 aliphatic carbocycles. The van der Waals surface area contributed by atoms with E-state index in [4.69, 9.17) is 9.47 Å². The van der Waals surface area contributed by atoms with Gasteiger partial charge in [-0.1, -0.05) is 0 Å². The maximum Gasteiger partial charge on any atom is 0.161 e. The molecule has 2 heterocycles. The number of hydrogen-bond donors (Lipinski definition) is 0. The molecule has 106 valence electrons. The molecule has 2 unspecified atom stereocenters. The lowest BCUT2D eigenvalue weighted by atomic mass is 9.82. The summed E-state index contributed by atoms with van der Waals surface area (Å²) < 4.78 is 10.8. The van der Waals surface area contributed by atoms with Gasteiger partial charge in [0.05, 0.1) is 20.3 Å². The Morgan fingerprint density at radius 3 is 2.65 bits per heavy atom. The molecule has 0 amide bonds. The summed E-state index contributed by atoms with van der Waals surface area (Å²) in [4.78, 5) is 2.50. The summed E-state index contributed by atoms with van der Waals surface area (Å²) in [5.41, 5.74) is 2.65. The van der Waals surface area contributed by atoms with Gasteiger partial charge in [-0.3, -0.25) is 4.90 Å². The second-order valence-electron chi connectivity index (χ2n) is 5.56. The summed E-state index contributed by atoms with van der Waals surface area (Å²) in [5.74, 6) is 1.76. The fourth-order valence-electron chi connectivity index (χ4n) is 3.45. The van der Waals surface area contributed by atoms with Gasteiger partial charge in [0.1, 0.15) is 0 Å². The summed E-state index contributed by atoms with van der Waals surface area (Å²) in [5, 5.41) is 9.20. The largest absolute Gasteiger partial charge is 0.493 e. The number of ether oxygens (including phenoxy) is 2. The fraction of sp³-hybridized carbons (Fsp3) is 0.562. The van der Waals surface area contributed by atoms with Crippen molar-refractivity contribution in [3.8, 4) is 17.6 Å². The van der Waals surface area contributed by atoms with Crippen LogP contribution in [0.25, 0.3) is 0 Å². The zero-order valence-corrected chi connectivity index (χ0v) is 12.1. The van der Waals surface area contributed by atoms with E-state index in [2.05, 4.69) is 23.1 Å². The van der Waals surface area contributed by atoms with Crippen molar-refractivity contribution in [3.05, 3.63) is 23.3 Å². The van der Waals surface area contributed by atoms with Crippen LogP contribution in [0.1, 0.15) is 30.0 Å². The highest BCUT2D eigenvalue weighted by Gasteiger charge is 2.34. The second-order valence-corrected chi connectivity index (χ2v) is 5.56. The maximum absolute atomic E-state index is 9.20. The van der Waals surface area contributed by atoms with Gasteiger partial charge in [-0.25, -0.2) is 0 Å². The van der Waals surface area contributed by atoms with E-state index < -0.39 is 0 Å². The van der Waals surface area contributed by atoms with Gasteiger partial charge >= 0.3 is 0 Å². The first-order chi connectivity index (χ1) is 9.76. The van der Waals surface area contributed by atoms with Crippen molar-refractivity contribution >= 4 is 0 Å². The van der Waals surface area contributed by atoms with Gasteiger partial charge in [0, 0.05) is 25.0 Å². The third-order valence-electron chi connectivity index (χ3n) is 4.57. The summed E-state index contributed by atoms with van der Waals surface area (Å²) >= 11 is 0. The number of benzene rings is 1. The maximum atomic E-state index is 9.20. The first-order valence-electron chi connectivity index (χ1n) is 7.15. The minimum absolute atomic E-state index is 0.176. The Balaban J connectivity index is 2.00. The van der Waals surface area contributed by atoms with E-state index in [-0.39, 0.29) is 5.92 Å². The highest BCUT2D eigenvalue weighted by molar-refractivity contribution is 5.49. The van der Waals surface area contributed by atoms with Gasteiger partial charge in [-0.15, -0.1) is 0 Å². The standard InChI is InChI=1S/C16H20N2O2/c1-19-15-8-12-4-6-18-5-3-11(10-17)7-14(18)13(12)9-16(15)20-2/h8-9,11,14H,3-7H2,1-2H3. The Bertz CT molecular complexity index is 550. The van der Waals surface area contributed by atoms with Crippen LogP contribution in [0.15, 0.2) is 12.1 Å². The predicted molar refractivity (Wildman–Crippen MR) is 75.9 cm³/mol. The fourth-order valence-corrected chi connectivity index (χ4v) is 3.45. The van der Waals surface area contributed by atoms with Crippen molar-refractivity contribution in [1.82, 2.24) is 4.90 Å².